The molecule has 3 heteroatoms. The molecule has 2 unspecified atom stereocenters. The van der Waals surface area contributed by atoms with Gasteiger partial charge in [-0.15, -0.1) is 0 Å². The SMILES string of the molecule is CC1(O)C=CC=CC1CCCO.[Cu]. The Morgan fingerprint density at radius 2 is 2.08 bits per heavy atom. The molecule has 1 radical (unpaired) electrons. The fraction of sp³-hybridized carbons (Fsp3) is 0.600. The first kappa shape index (κ1) is 12.9. The molecule has 79 valence electrons. The summed E-state index contributed by atoms with van der Waals surface area (Å²) >= 11 is 0. The van der Waals surface area contributed by atoms with Crippen LogP contribution in [0.15, 0.2) is 24.3 Å². The van der Waals surface area contributed by atoms with Crippen molar-refractivity contribution in [3.05, 3.63) is 24.3 Å². The molecule has 1 rings (SSSR count). The number of allylic oxidation sites excluding steroid dienone is 2. The Balaban J connectivity index is 0.00000144. The van der Waals surface area contributed by atoms with Gasteiger partial charge in [0, 0.05) is 29.6 Å². The summed E-state index contributed by atoms with van der Waals surface area (Å²) in [5, 5.41) is 18.5. The smallest absolute Gasteiger partial charge is 0.0865 e. The van der Waals surface area contributed by atoms with Gasteiger partial charge in [0.25, 0.3) is 0 Å². The maximum absolute atomic E-state index is 9.84. The largest absolute Gasteiger partial charge is 0.396 e. The molecule has 2 atom stereocenters. The molecule has 0 saturated carbocycles. The van der Waals surface area contributed by atoms with Gasteiger partial charge >= 0.3 is 0 Å². The molecular formula is C10H16CuO2. The van der Waals surface area contributed by atoms with Crippen molar-refractivity contribution in [2.24, 2.45) is 5.92 Å². The molecule has 0 spiro atoms. The second kappa shape index (κ2) is 5.61. The predicted octanol–water partition coefficient (Wildman–Crippen LogP) is 1.25. The third kappa shape index (κ3) is 3.65. The molecule has 1 aliphatic rings. The molecule has 0 fully saturated rings. The standard InChI is InChI=1S/C10H16O2.Cu/c1-10(12)7-3-2-5-9(10)6-4-8-11;/h2-3,5,7,9,11-12H,4,6,8H2,1H3;. The molecule has 0 heterocycles. The molecular weight excluding hydrogens is 216 g/mol. The summed E-state index contributed by atoms with van der Waals surface area (Å²) in [4.78, 5) is 0. The second-order valence-electron chi connectivity index (χ2n) is 3.44. The van der Waals surface area contributed by atoms with E-state index in [-0.39, 0.29) is 29.6 Å². The van der Waals surface area contributed by atoms with Crippen LogP contribution in [0.25, 0.3) is 0 Å². The van der Waals surface area contributed by atoms with Crippen LogP contribution in [0.4, 0.5) is 0 Å². The van der Waals surface area contributed by atoms with Crippen LogP contribution in [-0.4, -0.2) is 22.4 Å². The van der Waals surface area contributed by atoms with E-state index in [1.54, 1.807) is 13.0 Å². The molecule has 0 aliphatic heterocycles. The van der Waals surface area contributed by atoms with Crippen LogP contribution >= 0.6 is 0 Å². The summed E-state index contributed by atoms with van der Waals surface area (Å²) in [6.45, 7) is 2.00. The maximum atomic E-state index is 9.84. The summed E-state index contributed by atoms with van der Waals surface area (Å²) in [6.07, 6.45) is 9.18. The van der Waals surface area contributed by atoms with Crippen molar-refractivity contribution < 1.29 is 27.3 Å². The fourth-order valence-corrected chi connectivity index (χ4v) is 1.47. The van der Waals surface area contributed by atoms with E-state index in [2.05, 4.69) is 0 Å². The van der Waals surface area contributed by atoms with Crippen LogP contribution in [0.2, 0.25) is 0 Å². The Morgan fingerprint density at radius 1 is 1.38 bits per heavy atom. The normalized spacial score (nSPS) is 31.5. The quantitative estimate of drug-likeness (QED) is 0.718. The van der Waals surface area contributed by atoms with Crippen LogP contribution in [0.5, 0.6) is 0 Å². The van der Waals surface area contributed by atoms with Gasteiger partial charge in [0.2, 0.25) is 0 Å². The number of rotatable bonds is 3. The van der Waals surface area contributed by atoms with Crippen LogP contribution in [0, 0.1) is 5.92 Å². The van der Waals surface area contributed by atoms with E-state index < -0.39 is 5.60 Å². The van der Waals surface area contributed by atoms with Gasteiger partial charge in [-0.3, -0.25) is 0 Å². The molecule has 1 aliphatic carbocycles. The van der Waals surface area contributed by atoms with Crippen molar-refractivity contribution in [3.63, 3.8) is 0 Å². The Kier molecular flexibility index (Phi) is 5.57. The third-order valence-corrected chi connectivity index (χ3v) is 2.31. The maximum Gasteiger partial charge on any atom is 0.0865 e. The van der Waals surface area contributed by atoms with E-state index >= 15 is 0 Å². The molecule has 0 amide bonds. The van der Waals surface area contributed by atoms with Gasteiger partial charge in [0.15, 0.2) is 0 Å². The number of aliphatic hydroxyl groups excluding tert-OH is 1. The Hall–Kier alpha value is -0.0805. The Bertz CT molecular complexity index is 197. The summed E-state index contributed by atoms with van der Waals surface area (Å²) in [6, 6.07) is 0. The predicted molar refractivity (Wildman–Crippen MR) is 48.7 cm³/mol. The van der Waals surface area contributed by atoms with Crippen molar-refractivity contribution in [2.45, 2.75) is 25.4 Å². The average molecular weight is 232 g/mol. The molecule has 0 aromatic rings. The van der Waals surface area contributed by atoms with Crippen molar-refractivity contribution >= 4 is 0 Å². The van der Waals surface area contributed by atoms with E-state index in [0.717, 1.165) is 12.8 Å². The monoisotopic (exact) mass is 231 g/mol. The molecule has 0 aromatic heterocycles. The second-order valence-corrected chi connectivity index (χ2v) is 3.44. The van der Waals surface area contributed by atoms with E-state index in [1.165, 1.54) is 0 Å². The van der Waals surface area contributed by atoms with Crippen molar-refractivity contribution in [3.8, 4) is 0 Å². The van der Waals surface area contributed by atoms with Gasteiger partial charge in [0.1, 0.15) is 0 Å². The summed E-state index contributed by atoms with van der Waals surface area (Å²) in [5.41, 5.74) is -0.732. The van der Waals surface area contributed by atoms with Gasteiger partial charge in [-0.1, -0.05) is 24.3 Å². The number of aliphatic hydroxyl groups is 2. The van der Waals surface area contributed by atoms with E-state index in [4.69, 9.17) is 5.11 Å². The van der Waals surface area contributed by atoms with Gasteiger partial charge in [0.05, 0.1) is 5.60 Å². The van der Waals surface area contributed by atoms with Crippen LogP contribution in [0.1, 0.15) is 19.8 Å². The molecule has 2 nitrogen and oxygen atoms in total. The molecule has 0 saturated heterocycles. The summed E-state index contributed by atoms with van der Waals surface area (Å²) in [7, 11) is 0. The molecule has 2 N–H and O–H groups in total. The van der Waals surface area contributed by atoms with Gasteiger partial charge < -0.3 is 10.2 Å². The minimum Gasteiger partial charge on any atom is -0.396 e. The van der Waals surface area contributed by atoms with Crippen LogP contribution in [-0.2, 0) is 17.1 Å². The minimum atomic E-state index is -0.732. The molecule has 0 bridgehead atoms. The first-order chi connectivity index (χ1) is 5.67. The van der Waals surface area contributed by atoms with Crippen LogP contribution in [0.3, 0.4) is 0 Å². The topological polar surface area (TPSA) is 40.5 Å². The average Bonchev–Trinajstić information content (AvgIpc) is 2.02. The van der Waals surface area contributed by atoms with Gasteiger partial charge in [-0.25, -0.2) is 0 Å². The van der Waals surface area contributed by atoms with Gasteiger partial charge in [-0.05, 0) is 19.8 Å². The van der Waals surface area contributed by atoms with E-state index in [1.807, 2.05) is 18.2 Å². The first-order valence-corrected chi connectivity index (χ1v) is 4.36. The molecule has 0 aromatic carbocycles. The van der Waals surface area contributed by atoms with Crippen molar-refractivity contribution in [1.82, 2.24) is 0 Å². The third-order valence-electron chi connectivity index (χ3n) is 2.31. The van der Waals surface area contributed by atoms with Crippen molar-refractivity contribution in [2.75, 3.05) is 6.61 Å². The zero-order chi connectivity index (χ0) is 9.03. The van der Waals surface area contributed by atoms with E-state index in [9.17, 15) is 5.11 Å². The Labute approximate surface area is 89.8 Å². The van der Waals surface area contributed by atoms with Gasteiger partial charge in [-0.2, -0.15) is 0 Å². The first-order valence-electron chi connectivity index (χ1n) is 4.36. The number of hydrogen-bond donors (Lipinski definition) is 2. The fourth-order valence-electron chi connectivity index (χ4n) is 1.47. The Morgan fingerprint density at radius 3 is 2.62 bits per heavy atom. The number of hydrogen-bond acceptors (Lipinski definition) is 2. The molecule has 13 heavy (non-hydrogen) atoms. The van der Waals surface area contributed by atoms with E-state index in [0.29, 0.717) is 0 Å². The van der Waals surface area contributed by atoms with Crippen molar-refractivity contribution in [1.29, 1.82) is 0 Å². The summed E-state index contributed by atoms with van der Waals surface area (Å²) < 4.78 is 0. The zero-order valence-electron chi connectivity index (χ0n) is 7.70. The zero-order valence-corrected chi connectivity index (χ0v) is 8.65. The van der Waals surface area contributed by atoms with Crippen LogP contribution < -0.4 is 0 Å². The summed E-state index contributed by atoms with van der Waals surface area (Å²) in [5.74, 6) is 0.148. The minimum absolute atomic E-state index is 0.